The Kier molecular flexibility index (Phi) is 12.7. The number of carbonyl (C=O) groups is 4. The van der Waals surface area contributed by atoms with Crippen LogP contribution in [-0.2, 0) is 26.2 Å². The van der Waals surface area contributed by atoms with Crippen LogP contribution < -0.4 is 20.5 Å². The second-order valence-electron chi connectivity index (χ2n) is 10.8. The lowest BCUT2D eigenvalue weighted by atomic mass is 9.94. The minimum atomic E-state index is -5.19. The first kappa shape index (κ1) is 36.9. The molecular weight excluding hydrogens is 705 g/mol. The number of nitrogens with zero attached hydrogens (tertiary/aromatic N) is 3. The van der Waals surface area contributed by atoms with Crippen LogP contribution in [0, 0.1) is 12.8 Å². The molecule has 19 heteroatoms. The molecule has 0 radical (unpaired) electrons. The molecule has 2 aromatic rings. The minimum Gasteiger partial charge on any atom is -0.542 e. The minimum absolute atomic E-state index is 0.0312. The van der Waals surface area contributed by atoms with E-state index in [-0.39, 0.29) is 16.5 Å². The van der Waals surface area contributed by atoms with Crippen molar-refractivity contribution in [1.29, 1.82) is 0 Å². The summed E-state index contributed by atoms with van der Waals surface area (Å²) >= 11 is 3.20. The van der Waals surface area contributed by atoms with Gasteiger partial charge in [0.05, 0.1) is 18.0 Å². The van der Waals surface area contributed by atoms with Crippen LogP contribution in [0.4, 0.5) is 13.2 Å². The maximum absolute atomic E-state index is 13.2. The van der Waals surface area contributed by atoms with Crippen LogP contribution in [0.3, 0.4) is 0 Å². The van der Waals surface area contributed by atoms with E-state index in [1.807, 2.05) is 4.90 Å². The molecule has 5 N–H and O–H groups in total. The summed E-state index contributed by atoms with van der Waals surface area (Å²) in [5, 5.41) is 27.4. The number of amides is 2. The first-order valence-corrected chi connectivity index (χ1v) is 16.5. The Morgan fingerprint density at radius 3 is 2.43 bits per heavy atom. The predicted molar refractivity (Wildman–Crippen MR) is 156 cm³/mol. The van der Waals surface area contributed by atoms with Crippen LogP contribution in [0.5, 0.6) is 0 Å². The summed E-state index contributed by atoms with van der Waals surface area (Å²) in [7, 11) is -4.20. The van der Waals surface area contributed by atoms with Crippen molar-refractivity contribution in [1.82, 2.24) is 24.7 Å². The Bertz CT molecular complexity index is 1550. The third-order valence-corrected chi connectivity index (χ3v) is 9.80. The van der Waals surface area contributed by atoms with Crippen molar-refractivity contribution in [3.63, 3.8) is 0 Å². The van der Waals surface area contributed by atoms with Crippen molar-refractivity contribution >= 4 is 49.7 Å². The number of nitrogens with one attached hydrogen (secondary N) is 2. The Morgan fingerprint density at radius 1 is 1.20 bits per heavy atom. The number of aryl methyl sites for hydroxylation is 2. The summed E-state index contributed by atoms with van der Waals surface area (Å²) in [5.74, 6) is -4.72. The van der Waals surface area contributed by atoms with E-state index in [4.69, 9.17) is 9.90 Å². The number of fused-ring (bicyclic) bond motifs is 1. The molecule has 1 saturated heterocycles. The quantitative estimate of drug-likeness (QED) is 0.250. The van der Waals surface area contributed by atoms with Crippen molar-refractivity contribution in [2.24, 2.45) is 5.92 Å². The van der Waals surface area contributed by atoms with Gasteiger partial charge in [0.25, 0.3) is 11.8 Å². The van der Waals surface area contributed by atoms with Gasteiger partial charge in [0.1, 0.15) is 17.7 Å². The van der Waals surface area contributed by atoms with Gasteiger partial charge in [0.15, 0.2) is 5.69 Å². The van der Waals surface area contributed by atoms with E-state index in [9.17, 15) is 41.1 Å². The highest BCUT2D eigenvalue weighted by Gasteiger charge is 2.30. The molecule has 0 spiro atoms. The fraction of sp³-hybridized carbons (Fsp3) is 0.519. The maximum atomic E-state index is 13.2. The van der Waals surface area contributed by atoms with Gasteiger partial charge in [-0.05, 0) is 72.2 Å². The average molecular weight is 740 g/mol. The van der Waals surface area contributed by atoms with E-state index in [0.29, 0.717) is 42.1 Å². The van der Waals surface area contributed by atoms with E-state index in [0.717, 1.165) is 37.9 Å². The number of aromatic nitrogens is 2. The van der Waals surface area contributed by atoms with E-state index in [2.05, 4.69) is 36.4 Å². The zero-order valence-electron chi connectivity index (χ0n) is 24.7. The summed E-state index contributed by atoms with van der Waals surface area (Å²) in [6.45, 7) is 5.29. The van der Waals surface area contributed by atoms with Crippen LogP contribution in [0.1, 0.15) is 52.2 Å². The van der Waals surface area contributed by atoms with Gasteiger partial charge in [-0.2, -0.15) is 23.0 Å². The predicted octanol–water partition coefficient (Wildman–Crippen LogP) is -0.376. The van der Waals surface area contributed by atoms with Crippen LogP contribution in [0.25, 0.3) is 0 Å². The number of carboxylic acid groups (broad SMARTS) is 2. The van der Waals surface area contributed by atoms with Crippen molar-refractivity contribution < 1.29 is 56.3 Å². The van der Waals surface area contributed by atoms with E-state index in [1.165, 1.54) is 16.8 Å². The number of hydrogen-bond donors (Lipinski definition) is 4. The standard InChI is InChI=1S/C25H33BrN6O6S.C2HF3O2/c1-16-3-4-22(18(26)13-16)39(37,38)30-20(25(35)36)15-28-23(33)19-14-21-24(34)31(10-2-11-32(21)29-19)12-7-17-5-8-27-9-6-17;3-2(4,5)1(6)7/h3-4,13-14,17,20,27,30H,2,5-12,15H2,1H3,(H,28,33)(H,35,36);(H,6,7)/t20-;/m0./s1. The first-order valence-electron chi connectivity index (χ1n) is 14.3. The molecule has 0 aliphatic carbocycles. The number of carbonyl (C=O) groups excluding carboxylic acids is 3. The second kappa shape index (κ2) is 15.8. The Labute approximate surface area is 270 Å². The van der Waals surface area contributed by atoms with Crippen LogP contribution in [-0.4, -0.2) is 96.9 Å². The fourth-order valence-electron chi connectivity index (χ4n) is 4.92. The van der Waals surface area contributed by atoms with Crippen LogP contribution in [0.15, 0.2) is 33.6 Å². The summed E-state index contributed by atoms with van der Waals surface area (Å²) in [4.78, 5) is 48.3. The van der Waals surface area contributed by atoms with Gasteiger partial charge in [-0.3, -0.25) is 19.1 Å². The molecule has 2 amide bonds. The lowest BCUT2D eigenvalue weighted by Crippen LogP contribution is -2.86. The SMILES string of the molecule is Cc1ccc(S(=O)(=O)N[C@@H](CNC(=O)c2cc3n(n2)CCCN(CCC2CC[NH2+]CC2)C3=O)C(=O)O)c(Br)c1.O=C([O-])C(F)(F)F. The number of nitrogens with two attached hydrogens (primary N) is 1. The molecule has 254 valence electrons. The largest absolute Gasteiger partial charge is 0.542 e. The highest BCUT2D eigenvalue weighted by atomic mass is 79.9. The molecule has 2 aliphatic rings. The molecule has 3 heterocycles. The van der Waals surface area contributed by atoms with Crippen molar-refractivity contribution in [2.45, 2.75) is 56.3 Å². The normalized spacial score (nSPS) is 16.5. The first-order chi connectivity index (χ1) is 21.5. The average Bonchev–Trinajstić information content (AvgIpc) is 3.34. The third kappa shape index (κ3) is 10.2. The van der Waals surface area contributed by atoms with E-state index in [1.54, 1.807) is 19.1 Å². The van der Waals surface area contributed by atoms with Crippen molar-refractivity contribution in [3.8, 4) is 0 Å². The van der Waals surface area contributed by atoms with Gasteiger partial charge in [-0.1, -0.05) is 6.07 Å². The molecule has 1 aromatic heterocycles. The molecule has 1 fully saturated rings. The summed E-state index contributed by atoms with van der Waals surface area (Å²) in [6, 6.07) is 4.35. The number of benzene rings is 1. The highest BCUT2D eigenvalue weighted by Crippen LogP contribution is 2.23. The number of hydrogen-bond acceptors (Lipinski definition) is 8. The van der Waals surface area contributed by atoms with Gasteiger partial charge in [0, 0.05) is 36.7 Å². The van der Waals surface area contributed by atoms with Crippen LogP contribution >= 0.6 is 15.9 Å². The fourth-order valence-corrected chi connectivity index (χ4v) is 7.30. The number of sulfonamides is 1. The lowest BCUT2D eigenvalue weighted by Gasteiger charge is -2.25. The molecule has 2 aliphatic heterocycles. The van der Waals surface area contributed by atoms with Gasteiger partial charge >= 0.3 is 12.1 Å². The number of halogens is 4. The number of piperidine rings is 1. The zero-order valence-corrected chi connectivity index (χ0v) is 27.1. The number of rotatable bonds is 10. The number of carboxylic acids is 2. The molecule has 1 aromatic carbocycles. The van der Waals surface area contributed by atoms with Crippen LogP contribution in [0.2, 0.25) is 0 Å². The topological polar surface area (TPSA) is 207 Å². The monoisotopic (exact) mass is 738 g/mol. The summed E-state index contributed by atoms with van der Waals surface area (Å²) in [6.07, 6.45) is -1.23. The van der Waals surface area contributed by atoms with E-state index >= 15 is 0 Å². The molecule has 14 nitrogen and oxygen atoms in total. The second-order valence-corrected chi connectivity index (χ2v) is 13.4. The molecule has 46 heavy (non-hydrogen) atoms. The summed E-state index contributed by atoms with van der Waals surface area (Å²) in [5.41, 5.74) is 1.11. The molecular formula is C27H34BrF3N6O8S. The Hall–Kier alpha value is -3.55. The molecule has 4 rings (SSSR count). The Balaban J connectivity index is 0.000000738. The smallest absolute Gasteiger partial charge is 0.430 e. The molecule has 1 atom stereocenters. The van der Waals surface area contributed by atoms with Gasteiger partial charge in [-0.15, -0.1) is 0 Å². The zero-order chi connectivity index (χ0) is 34.2. The van der Waals surface area contributed by atoms with Crippen molar-refractivity contribution in [2.75, 3.05) is 32.7 Å². The lowest BCUT2D eigenvalue weighted by molar-refractivity contribution is -0.664. The highest BCUT2D eigenvalue weighted by molar-refractivity contribution is 9.10. The molecule has 0 saturated carbocycles. The van der Waals surface area contributed by atoms with Gasteiger partial charge < -0.3 is 30.5 Å². The van der Waals surface area contributed by atoms with Crippen molar-refractivity contribution in [3.05, 3.63) is 45.7 Å². The number of alkyl halides is 3. The van der Waals surface area contributed by atoms with Gasteiger partial charge in [0.2, 0.25) is 10.0 Å². The van der Waals surface area contributed by atoms with E-state index < -0.39 is 46.6 Å². The number of quaternary nitrogens is 1. The number of aliphatic carboxylic acids is 2. The Morgan fingerprint density at radius 2 is 1.85 bits per heavy atom. The molecule has 0 bridgehead atoms. The van der Waals surface area contributed by atoms with Gasteiger partial charge in [-0.25, -0.2) is 8.42 Å². The third-order valence-electron chi connectivity index (χ3n) is 7.35. The summed E-state index contributed by atoms with van der Waals surface area (Å²) < 4.78 is 61.1. The molecule has 0 unspecified atom stereocenters. The maximum Gasteiger partial charge on any atom is 0.430 e.